The smallest absolute Gasteiger partial charge is 0.0991 e. The topological polar surface area (TPSA) is 47.6 Å². The average molecular weight is 553 g/mol. The van der Waals surface area contributed by atoms with E-state index in [1.165, 1.54) is 5.57 Å². The molecular formula is C41H32N2. The van der Waals surface area contributed by atoms with Crippen LogP contribution in [0.1, 0.15) is 37.5 Å². The molecule has 43 heavy (non-hydrogen) atoms. The van der Waals surface area contributed by atoms with E-state index in [0.717, 1.165) is 61.2 Å². The minimum Gasteiger partial charge on any atom is -0.192 e. The Balaban J connectivity index is 1.69. The van der Waals surface area contributed by atoms with Crippen LogP contribution in [0.4, 0.5) is 0 Å². The first-order valence-electron chi connectivity index (χ1n) is 14.2. The van der Waals surface area contributed by atoms with Crippen LogP contribution in [0.2, 0.25) is 0 Å². The Bertz CT molecular complexity index is 1870. The van der Waals surface area contributed by atoms with Crippen LogP contribution in [0.25, 0.3) is 50.1 Å². The van der Waals surface area contributed by atoms with Gasteiger partial charge in [0.1, 0.15) is 0 Å². The molecule has 5 aromatic carbocycles. The maximum absolute atomic E-state index is 9.43. The Hall–Kier alpha value is -5.70. The highest BCUT2D eigenvalue weighted by Crippen LogP contribution is 2.35. The number of rotatable bonds is 7. The van der Waals surface area contributed by atoms with E-state index >= 15 is 0 Å². The average Bonchev–Trinajstić information content (AvgIpc) is 3.04. The quantitative estimate of drug-likeness (QED) is 0.189. The molecule has 0 radical (unpaired) electrons. The van der Waals surface area contributed by atoms with Crippen LogP contribution < -0.4 is 0 Å². The van der Waals surface area contributed by atoms with Crippen molar-refractivity contribution in [1.29, 1.82) is 10.5 Å². The van der Waals surface area contributed by atoms with Gasteiger partial charge < -0.3 is 0 Å². The summed E-state index contributed by atoms with van der Waals surface area (Å²) in [5.74, 6) is 0. The number of benzene rings is 5. The number of nitriles is 2. The lowest BCUT2D eigenvalue weighted by Gasteiger charge is -2.14. The molecule has 0 saturated carbocycles. The summed E-state index contributed by atoms with van der Waals surface area (Å²) in [6.45, 7) is 10.4. The molecule has 0 atom stereocenters. The zero-order valence-electron chi connectivity index (χ0n) is 24.7. The van der Waals surface area contributed by atoms with Crippen molar-refractivity contribution in [3.63, 3.8) is 0 Å². The summed E-state index contributed by atoms with van der Waals surface area (Å²) < 4.78 is 0. The fraction of sp³-hybridized carbons (Fsp3) is 0.0732. The second kappa shape index (κ2) is 12.9. The predicted molar refractivity (Wildman–Crippen MR) is 180 cm³/mol. The molecule has 0 spiro atoms. The largest absolute Gasteiger partial charge is 0.192 e. The van der Waals surface area contributed by atoms with E-state index in [2.05, 4.69) is 111 Å². The molecule has 0 unspecified atom stereocenters. The number of allylic oxidation sites excluding steroid dienone is 5. The lowest BCUT2D eigenvalue weighted by Crippen LogP contribution is -1.90. The molecule has 0 aromatic heterocycles. The fourth-order valence-electron chi connectivity index (χ4n) is 5.21. The Kier molecular flexibility index (Phi) is 8.62. The summed E-state index contributed by atoms with van der Waals surface area (Å²) in [5, 5.41) is 18.9. The SMILES string of the molecule is C=C(C)/C=C(\C=C(C)C)c1cc(-c2cccc(-c3cccc(C#N)c3)c2)cc(-c2cccc(-c3cccc(C#N)c3)c2)c1. The summed E-state index contributed by atoms with van der Waals surface area (Å²) in [6, 6.07) is 43.6. The van der Waals surface area contributed by atoms with Gasteiger partial charge in [-0.15, -0.1) is 0 Å². The lowest BCUT2D eigenvalue weighted by atomic mass is 9.90. The van der Waals surface area contributed by atoms with Crippen molar-refractivity contribution in [1.82, 2.24) is 0 Å². The van der Waals surface area contributed by atoms with Gasteiger partial charge in [0.05, 0.1) is 23.3 Å². The minimum absolute atomic E-state index is 0.642. The normalized spacial score (nSPS) is 10.9. The van der Waals surface area contributed by atoms with Crippen LogP contribution in [-0.2, 0) is 0 Å². The molecule has 5 rings (SSSR count). The molecule has 2 nitrogen and oxygen atoms in total. The second-order valence-corrected chi connectivity index (χ2v) is 11.0. The maximum Gasteiger partial charge on any atom is 0.0991 e. The lowest BCUT2D eigenvalue weighted by molar-refractivity contribution is 1.39. The summed E-state index contributed by atoms with van der Waals surface area (Å²) in [4.78, 5) is 0. The standard InChI is InChI=1S/C41H32N2/c1-28(2)17-38(18-29(3)4)41-24-39(36-15-7-13-34(21-36)32-11-5-9-30(19-32)26-42)23-40(25-41)37-16-8-14-35(22-37)33-12-6-10-31(20-33)27-43/h5-25H,1H2,2-4H3/b38-17+. The van der Waals surface area contributed by atoms with Crippen molar-refractivity contribution in [2.24, 2.45) is 0 Å². The van der Waals surface area contributed by atoms with E-state index < -0.39 is 0 Å². The highest BCUT2D eigenvalue weighted by atomic mass is 14.2. The van der Waals surface area contributed by atoms with E-state index in [4.69, 9.17) is 0 Å². The van der Waals surface area contributed by atoms with Gasteiger partial charge in [-0.1, -0.05) is 90.5 Å². The third-order valence-corrected chi connectivity index (χ3v) is 7.15. The van der Waals surface area contributed by atoms with Gasteiger partial charge in [-0.05, 0) is 131 Å². The van der Waals surface area contributed by atoms with Crippen LogP contribution in [0.5, 0.6) is 0 Å². The van der Waals surface area contributed by atoms with Crippen LogP contribution in [0.3, 0.4) is 0 Å². The van der Waals surface area contributed by atoms with Gasteiger partial charge in [-0.2, -0.15) is 10.5 Å². The molecule has 2 heteroatoms. The fourth-order valence-corrected chi connectivity index (χ4v) is 5.21. The van der Waals surface area contributed by atoms with Crippen molar-refractivity contribution in [3.05, 3.63) is 162 Å². The summed E-state index contributed by atoms with van der Waals surface area (Å²) in [7, 11) is 0. The zero-order valence-corrected chi connectivity index (χ0v) is 24.7. The first kappa shape index (κ1) is 28.8. The van der Waals surface area contributed by atoms with Gasteiger partial charge in [0.2, 0.25) is 0 Å². The first-order valence-corrected chi connectivity index (χ1v) is 14.2. The third-order valence-electron chi connectivity index (χ3n) is 7.15. The van der Waals surface area contributed by atoms with Gasteiger partial charge in [0, 0.05) is 0 Å². The van der Waals surface area contributed by atoms with Crippen molar-refractivity contribution < 1.29 is 0 Å². The van der Waals surface area contributed by atoms with Gasteiger partial charge in [0.25, 0.3) is 0 Å². The van der Waals surface area contributed by atoms with E-state index in [1.807, 2.05) is 55.5 Å². The van der Waals surface area contributed by atoms with E-state index in [9.17, 15) is 10.5 Å². The van der Waals surface area contributed by atoms with Gasteiger partial charge >= 0.3 is 0 Å². The summed E-state index contributed by atoms with van der Waals surface area (Å²) >= 11 is 0. The highest BCUT2D eigenvalue weighted by molar-refractivity contribution is 5.86. The highest BCUT2D eigenvalue weighted by Gasteiger charge is 2.11. The van der Waals surface area contributed by atoms with E-state index in [0.29, 0.717) is 11.1 Å². The molecule has 0 saturated heterocycles. The Morgan fingerprint density at radius 3 is 1.28 bits per heavy atom. The predicted octanol–water partition coefficient (Wildman–Crippen LogP) is 11.0. The van der Waals surface area contributed by atoms with E-state index in [-0.39, 0.29) is 0 Å². The minimum atomic E-state index is 0.642. The van der Waals surface area contributed by atoms with Gasteiger partial charge in [0.15, 0.2) is 0 Å². The molecule has 0 bridgehead atoms. The van der Waals surface area contributed by atoms with Gasteiger partial charge in [-0.25, -0.2) is 0 Å². The second-order valence-electron chi connectivity index (χ2n) is 11.0. The molecule has 0 aliphatic heterocycles. The monoisotopic (exact) mass is 552 g/mol. The summed E-state index contributed by atoms with van der Waals surface area (Å²) in [5.41, 5.74) is 14.2. The number of nitrogens with zero attached hydrogens (tertiary/aromatic N) is 2. The molecule has 0 amide bonds. The van der Waals surface area contributed by atoms with Crippen LogP contribution in [0, 0.1) is 22.7 Å². The third kappa shape index (κ3) is 6.97. The van der Waals surface area contributed by atoms with Crippen molar-refractivity contribution in [3.8, 4) is 56.6 Å². The summed E-state index contributed by atoms with van der Waals surface area (Å²) in [6.07, 6.45) is 4.33. The van der Waals surface area contributed by atoms with E-state index in [1.54, 1.807) is 0 Å². The molecule has 0 heterocycles. The Morgan fingerprint density at radius 1 is 0.512 bits per heavy atom. The van der Waals surface area contributed by atoms with Crippen LogP contribution >= 0.6 is 0 Å². The van der Waals surface area contributed by atoms with Crippen molar-refractivity contribution in [2.75, 3.05) is 0 Å². The first-order chi connectivity index (χ1) is 20.8. The molecular weight excluding hydrogens is 520 g/mol. The Labute approximate surface area is 254 Å². The van der Waals surface area contributed by atoms with Gasteiger partial charge in [-0.3, -0.25) is 0 Å². The maximum atomic E-state index is 9.43. The van der Waals surface area contributed by atoms with Crippen LogP contribution in [-0.4, -0.2) is 0 Å². The molecule has 0 N–H and O–H groups in total. The Morgan fingerprint density at radius 2 is 0.884 bits per heavy atom. The molecule has 0 aliphatic carbocycles. The zero-order chi connectivity index (χ0) is 30.3. The van der Waals surface area contributed by atoms with Crippen molar-refractivity contribution in [2.45, 2.75) is 20.8 Å². The molecule has 5 aromatic rings. The van der Waals surface area contributed by atoms with Crippen LogP contribution in [0.15, 0.2) is 145 Å². The number of hydrogen-bond donors (Lipinski definition) is 0. The van der Waals surface area contributed by atoms with Crippen molar-refractivity contribution >= 4 is 5.57 Å². The molecule has 206 valence electrons. The molecule has 0 fully saturated rings. The molecule has 0 aliphatic rings. The number of hydrogen-bond acceptors (Lipinski definition) is 2.